The summed E-state index contributed by atoms with van der Waals surface area (Å²) in [6.07, 6.45) is -0.415. The molecule has 3 aromatic carbocycles. The van der Waals surface area contributed by atoms with Crippen molar-refractivity contribution in [2.75, 3.05) is 0 Å². The van der Waals surface area contributed by atoms with Crippen molar-refractivity contribution < 1.29 is 6.11 Å². The molecule has 1 heteroatoms. The van der Waals surface area contributed by atoms with Crippen molar-refractivity contribution in [3.8, 4) is 22.6 Å². The minimum atomic E-state index is -0.415. The molecule has 1 atom stereocenters. The van der Waals surface area contributed by atoms with Crippen molar-refractivity contribution >= 4 is 0 Å². The summed E-state index contributed by atoms with van der Waals surface area (Å²) in [5.74, 6) is 1.57. The van der Waals surface area contributed by atoms with Crippen molar-refractivity contribution in [2.24, 2.45) is 0 Å². The summed E-state index contributed by atoms with van der Waals surface area (Å²) in [7, 11) is 0. The smallest absolute Gasteiger partial charge is 0.131 e. The summed E-state index contributed by atoms with van der Waals surface area (Å²) < 4.78 is 14.6. The highest BCUT2D eigenvalue weighted by Gasteiger charge is 2.19. The summed E-state index contributed by atoms with van der Waals surface area (Å²) in [4.78, 5) is 0. The van der Waals surface area contributed by atoms with Crippen LogP contribution >= 0.6 is 0 Å². The van der Waals surface area contributed by atoms with E-state index in [0.29, 0.717) is 0 Å². The molecular weight excluding hydrogens is 244 g/mol. The molecule has 1 unspecified atom stereocenters. The number of fused-ring (bicyclic) bond motifs is 2. The highest BCUT2D eigenvalue weighted by atomic mass is 16.5. The Kier molecular flexibility index (Phi) is 2.33. The molecule has 0 aliphatic carbocycles. The van der Waals surface area contributed by atoms with Gasteiger partial charge in [0.25, 0.3) is 0 Å². The van der Waals surface area contributed by atoms with Gasteiger partial charge >= 0.3 is 0 Å². The Morgan fingerprint density at radius 3 is 2.40 bits per heavy atom. The Hall–Kier alpha value is -2.54. The Labute approximate surface area is 119 Å². The number of hydrogen-bond acceptors (Lipinski definition) is 1. The maximum Gasteiger partial charge on any atom is 0.131 e. The number of hydrogen-bond donors (Lipinski definition) is 0. The van der Waals surface area contributed by atoms with Crippen LogP contribution < -0.4 is 4.74 Å². The van der Waals surface area contributed by atoms with Gasteiger partial charge in [0, 0.05) is 13.3 Å². The number of ether oxygens (including phenoxy) is 1. The zero-order valence-corrected chi connectivity index (χ0v) is 10.9. The van der Waals surface area contributed by atoms with Gasteiger partial charge in [-0.05, 0) is 28.8 Å². The summed E-state index contributed by atoms with van der Waals surface area (Å²) in [6, 6.07) is 24.0. The maximum atomic E-state index is 8.65. The molecule has 1 aliphatic heterocycles. The van der Waals surface area contributed by atoms with E-state index < -0.39 is 6.40 Å². The summed E-state index contributed by atoms with van der Waals surface area (Å²) >= 11 is 0. The van der Waals surface area contributed by atoms with E-state index in [1.165, 1.54) is 0 Å². The molecule has 0 radical (unpaired) electrons. The summed E-state index contributed by atoms with van der Waals surface area (Å²) in [6.45, 7) is 0. The average Bonchev–Trinajstić information content (AvgIpc) is 2.55. The van der Waals surface area contributed by atoms with Crippen LogP contribution in [0, 0.1) is 0 Å². The van der Waals surface area contributed by atoms with E-state index in [2.05, 4.69) is 18.2 Å². The van der Waals surface area contributed by atoms with Crippen molar-refractivity contribution in [3.63, 3.8) is 0 Å². The Morgan fingerprint density at radius 2 is 1.50 bits per heavy atom. The number of benzene rings is 3. The highest BCUT2D eigenvalue weighted by Crippen LogP contribution is 2.40. The van der Waals surface area contributed by atoms with E-state index >= 15 is 0 Å². The standard InChI is InChI=1S/C19H14O/c1-2-7-14(8-3-1)16-10-6-12-19-17(16)13-15-9-4-5-11-18(15)20-19/h1-12H,13H2/i13D. The van der Waals surface area contributed by atoms with Crippen LogP contribution in [0.25, 0.3) is 11.1 Å². The molecule has 0 bridgehead atoms. The third kappa shape index (κ3) is 1.79. The molecule has 0 amide bonds. The lowest BCUT2D eigenvalue weighted by molar-refractivity contribution is 0.460. The van der Waals surface area contributed by atoms with Crippen LogP contribution in [0.15, 0.2) is 72.8 Å². The van der Waals surface area contributed by atoms with Crippen LogP contribution in [0.4, 0.5) is 0 Å². The van der Waals surface area contributed by atoms with E-state index in [1.807, 2.05) is 54.6 Å². The van der Waals surface area contributed by atoms with Crippen LogP contribution in [0.5, 0.6) is 11.5 Å². The first kappa shape index (κ1) is 10.3. The highest BCUT2D eigenvalue weighted by molar-refractivity contribution is 5.72. The number of rotatable bonds is 1. The van der Waals surface area contributed by atoms with E-state index in [0.717, 1.165) is 33.8 Å². The van der Waals surface area contributed by atoms with Gasteiger partial charge in [-0.25, -0.2) is 0 Å². The molecule has 1 nitrogen and oxygen atoms in total. The van der Waals surface area contributed by atoms with Gasteiger partial charge in [0.15, 0.2) is 0 Å². The van der Waals surface area contributed by atoms with Crippen LogP contribution in [-0.2, 0) is 6.40 Å². The van der Waals surface area contributed by atoms with Crippen molar-refractivity contribution in [2.45, 2.75) is 6.40 Å². The van der Waals surface area contributed by atoms with E-state index in [1.54, 1.807) is 0 Å². The average molecular weight is 259 g/mol. The lowest BCUT2D eigenvalue weighted by Crippen LogP contribution is -2.04. The van der Waals surface area contributed by atoms with Crippen molar-refractivity contribution in [1.29, 1.82) is 0 Å². The first-order chi connectivity index (χ1) is 10.3. The molecular formula is C19H14O. The molecule has 1 heterocycles. The largest absolute Gasteiger partial charge is 0.457 e. The zero-order valence-electron chi connectivity index (χ0n) is 11.9. The van der Waals surface area contributed by atoms with Crippen LogP contribution in [-0.4, -0.2) is 0 Å². The van der Waals surface area contributed by atoms with E-state index in [4.69, 9.17) is 6.11 Å². The lowest BCUT2D eigenvalue weighted by atomic mass is 9.92. The van der Waals surface area contributed by atoms with Gasteiger partial charge < -0.3 is 4.74 Å². The van der Waals surface area contributed by atoms with Gasteiger partial charge in [0.05, 0.1) is 0 Å². The van der Waals surface area contributed by atoms with Gasteiger partial charge in [-0.15, -0.1) is 0 Å². The fraction of sp³-hybridized carbons (Fsp3) is 0.0526. The van der Waals surface area contributed by atoms with Crippen LogP contribution in [0.2, 0.25) is 0 Å². The van der Waals surface area contributed by atoms with E-state index in [-0.39, 0.29) is 0 Å². The quantitative estimate of drug-likeness (QED) is 0.594. The maximum absolute atomic E-state index is 8.65. The molecule has 0 aromatic heterocycles. The van der Waals surface area contributed by atoms with Crippen LogP contribution in [0.1, 0.15) is 12.5 Å². The lowest BCUT2D eigenvalue weighted by Gasteiger charge is -2.22. The SMILES string of the molecule is [2H]C1c2ccccc2Oc2cccc(-c3ccccc3)c21. The predicted molar refractivity (Wildman–Crippen MR) is 81.2 cm³/mol. The third-order valence-electron chi connectivity index (χ3n) is 3.59. The second-order valence-corrected chi connectivity index (χ2v) is 4.87. The topological polar surface area (TPSA) is 9.23 Å². The molecule has 0 spiro atoms. The number of para-hydroxylation sites is 1. The molecule has 0 N–H and O–H groups in total. The van der Waals surface area contributed by atoms with Gasteiger partial charge in [-0.3, -0.25) is 0 Å². The predicted octanol–water partition coefficient (Wildman–Crippen LogP) is 5.05. The summed E-state index contributed by atoms with van der Waals surface area (Å²) in [5.41, 5.74) is 4.06. The Morgan fingerprint density at radius 1 is 0.750 bits per heavy atom. The minimum Gasteiger partial charge on any atom is -0.457 e. The van der Waals surface area contributed by atoms with Gasteiger partial charge in [0.1, 0.15) is 11.5 Å². The fourth-order valence-corrected chi connectivity index (χ4v) is 2.62. The first-order valence-corrected chi connectivity index (χ1v) is 6.72. The Balaban J connectivity index is 1.93. The van der Waals surface area contributed by atoms with Gasteiger partial charge in [-0.1, -0.05) is 60.7 Å². The van der Waals surface area contributed by atoms with Gasteiger partial charge in [-0.2, -0.15) is 0 Å². The zero-order chi connectivity index (χ0) is 14.2. The minimum absolute atomic E-state index is 0.415. The molecule has 3 aromatic rings. The van der Waals surface area contributed by atoms with Crippen LogP contribution in [0.3, 0.4) is 0 Å². The molecule has 1 aliphatic rings. The third-order valence-corrected chi connectivity index (χ3v) is 3.59. The molecule has 0 saturated carbocycles. The first-order valence-electron chi connectivity index (χ1n) is 7.29. The molecule has 96 valence electrons. The van der Waals surface area contributed by atoms with Crippen molar-refractivity contribution in [1.82, 2.24) is 0 Å². The molecule has 0 fully saturated rings. The fourth-order valence-electron chi connectivity index (χ4n) is 2.62. The normalized spacial score (nSPS) is 16.6. The summed E-state index contributed by atoms with van der Waals surface area (Å²) in [5, 5.41) is 0. The monoisotopic (exact) mass is 259 g/mol. The molecule has 20 heavy (non-hydrogen) atoms. The molecule has 0 saturated heterocycles. The molecule has 4 rings (SSSR count). The second-order valence-electron chi connectivity index (χ2n) is 4.87. The van der Waals surface area contributed by atoms with E-state index in [9.17, 15) is 0 Å². The second kappa shape index (κ2) is 4.53. The van der Waals surface area contributed by atoms with Gasteiger partial charge in [0.2, 0.25) is 0 Å². The Bertz CT molecular complexity index is 796. The van der Waals surface area contributed by atoms with Crippen molar-refractivity contribution in [3.05, 3.63) is 83.9 Å².